The van der Waals surface area contributed by atoms with Crippen molar-refractivity contribution in [1.29, 1.82) is 0 Å². The summed E-state index contributed by atoms with van der Waals surface area (Å²) in [6.07, 6.45) is 2.27. The normalized spacial score (nSPS) is 10.6. The minimum absolute atomic E-state index is 0.262. The van der Waals surface area contributed by atoms with E-state index in [1.807, 2.05) is 18.2 Å². The molecule has 0 aliphatic heterocycles. The fourth-order valence-corrected chi connectivity index (χ4v) is 1.58. The summed E-state index contributed by atoms with van der Waals surface area (Å²) in [7, 11) is 1.65. The van der Waals surface area contributed by atoms with Crippen molar-refractivity contribution >= 4 is 0 Å². The zero-order chi connectivity index (χ0) is 12.0. The Morgan fingerprint density at radius 2 is 1.75 bits per heavy atom. The topological polar surface area (TPSA) is 44.5 Å². The van der Waals surface area contributed by atoms with Crippen molar-refractivity contribution in [3.05, 3.63) is 23.8 Å². The average molecular weight is 223 g/mol. The van der Waals surface area contributed by atoms with Crippen molar-refractivity contribution in [3.8, 4) is 11.5 Å². The molecule has 0 atom stereocenters. The molecule has 1 aromatic rings. The van der Waals surface area contributed by atoms with Gasteiger partial charge < -0.3 is 15.2 Å². The predicted molar refractivity (Wildman–Crippen MR) is 65.9 cm³/mol. The Labute approximate surface area is 97.6 Å². The molecule has 0 amide bonds. The molecule has 16 heavy (non-hydrogen) atoms. The van der Waals surface area contributed by atoms with Crippen LogP contribution in [0.1, 0.15) is 32.3 Å². The first-order valence-electron chi connectivity index (χ1n) is 5.78. The van der Waals surface area contributed by atoms with Gasteiger partial charge in [0.1, 0.15) is 11.5 Å². The number of rotatable bonds is 6. The Hall–Kier alpha value is -1.22. The molecule has 2 N–H and O–H groups in total. The van der Waals surface area contributed by atoms with E-state index in [9.17, 15) is 0 Å². The largest absolute Gasteiger partial charge is 0.497 e. The summed E-state index contributed by atoms with van der Waals surface area (Å²) in [4.78, 5) is 0. The summed E-state index contributed by atoms with van der Waals surface area (Å²) in [6, 6.07) is 5.80. The number of hydrogen-bond donors (Lipinski definition) is 1. The minimum Gasteiger partial charge on any atom is -0.497 e. The molecule has 0 heterocycles. The third-order valence-corrected chi connectivity index (χ3v) is 2.62. The second-order valence-corrected chi connectivity index (χ2v) is 3.78. The lowest BCUT2D eigenvalue weighted by atomic mass is 10.2. The van der Waals surface area contributed by atoms with E-state index in [4.69, 9.17) is 15.2 Å². The fraction of sp³-hybridized carbons (Fsp3) is 0.538. The van der Waals surface area contributed by atoms with Crippen LogP contribution in [-0.2, 0) is 6.54 Å². The van der Waals surface area contributed by atoms with Gasteiger partial charge in [-0.3, -0.25) is 0 Å². The summed E-state index contributed by atoms with van der Waals surface area (Å²) in [6.45, 7) is 4.74. The molecular weight excluding hydrogens is 202 g/mol. The Morgan fingerprint density at radius 1 is 1.12 bits per heavy atom. The third-order valence-electron chi connectivity index (χ3n) is 2.62. The van der Waals surface area contributed by atoms with Crippen molar-refractivity contribution in [2.75, 3.05) is 7.11 Å². The molecule has 0 aliphatic carbocycles. The van der Waals surface area contributed by atoms with Gasteiger partial charge in [-0.05, 0) is 30.5 Å². The Balaban J connectivity index is 2.85. The van der Waals surface area contributed by atoms with Gasteiger partial charge in [0.15, 0.2) is 0 Å². The van der Waals surface area contributed by atoms with Crippen LogP contribution in [0.25, 0.3) is 0 Å². The van der Waals surface area contributed by atoms with E-state index < -0.39 is 0 Å². The van der Waals surface area contributed by atoms with Crippen LogP contribution in [-0.4, -0.2) is 13.2 Å². The molecule has 90 valence electrons. The molecule has 0 radical (unpaired) electrons. The monoisotopic (exact) mass is 223 g/mol. The lowest BCUT2D eigenvalue weighted by molar-refractivity contribution is 0.192. The Bertz CT molecular complexity index is 299. The molecule has 0 saturated carbocycles. The molecular formula is C13H21NO2. The maximum absolute atomic E-state index is 5.86. The van der Waals surface area contributed by atoms with Gasteiger partial charge in [-0.2, -0.15) is 0 Å². The van der Waals surface area contributed by atoms with Crippen molar-refractivity contribution in [2.45, 2.75) is 39.3 Å². The average Bonchev–Trinajstić information content (AvgIpc) is 2.35. The van der Waals surface area contributed by atoms with Crippen molar-refractivity contribution in [2.24, 2.45) is 5.73 Å². The molecule has 3 nitrogen and oxygen atoms in total. The summed E-state index contributed by atoms with van der Waals surface area (Å²) < 4.78 is 11.1. The molecule has 0 spiro atoms. The minimum atomic E-state index is 0.262. The predicted octanol–water partition coefficient (Wildman–Crippen LogP) is 2.72. The van der Waals surface area contributed by atoms with E-state index in [0.29, 0.717) is 6.54 Å². The maximum Gasteiger partial charge on any atom is 0.123 e. The van der Waals surface area contributed by atoms with E-state index in [0.717, 1.165) is 29.9 Å². The standard InChI is InChI=1S/C13H21NO2/c1-4-11(5-2)16-13-7-10(9-14)6-12(8-13)15-3/h6-8,11H,4-5,9,14H2,1-3H3. The number of hydrogen-bond acceptors (Lipinski definition) is 3. The van der Waals surface area contributed by atoms with Gasteiger partial charge >= 0.3 is 0 Å². The molecule has 0 saturated heterocycles. The molecule has 0 bridgehead atoms. The zero-order valence-electron chi connectivity index (χ0n) is 10.3. The van der Waals surface area contributed by atoms with Crippen LogP contribution in [0.2, 0.25) is 0 Å². The van der Waals surface area contributed by atoms with Crippen LogP contribution >= 0.6 is 0 Å². The van der Waals surface area contributed by atoms with Gasteiger partial charge in [0.05, 0.1) is 13.2 Å². The molecule has 0 unspecified atom stereocenters. The summed E-state index contributed by atoms with van der Waals surface area (Å²) in [5.41, 5.74) is 6.66. The molecule has 0 aliphatic rings. The van der Waals surface area contributed by atoms with Gasteiger partial charge in [-0.15, -0.1) is 0 Å². The first-order chi connectivity index (χ1) is 7.73. The second kappa shape index (κ2) is 6.38. The lowest BCUT2D eigenvalue weighted by Crippen LogP contribution is -2.14. The van der Waals surface area contributed by atoms with Crippen molar-refractivity contribution in [3.63, 3.8) is 0 Å². The van der Waals surface area contributed by atoms with Crippen LogP contribution < -0.4 is 15.2 Å². The molecule has 3 heteroatoms. The van der Waals surface area contributed by atoms with Crippen molar-refractivity contribution in [1.82, 2.24) is 0 Å². The van der Waals surface area contributed by atoms with Gasteiger partial charge in [-0.1, -0.05) is 13.8 Å². The van der Waals surface area contributed by atoms with Crippen LogP contribution in [0.3, 0.4) is 0 Å². The van der Waals surface area contributed by atoms with Crippen molar-refractivity contribution < 1.29 is 9.47 Å². The van der Waals surface area contributed by atoms with Gasteiger partial charge in [0.25, 0.3) is 0 Å². The Morgan fingerprint density at radius 3 is 2.25 bits per heavy atom. The SMILES string of the molecule is CCC(CC)Oc1cc(CN)cc(OC)c1. The lowest BCUT2D eigenvalue weighted by Gasteiger charge is -2.17. The van der Waals surface area contributed by atoms with Crippen LogP contribution in [0.15, 0.2) is 18.2 Å². The number of nitrogens with two attached hydrogens (primary N) is 1. The number of ether oxygens (including phenoxy) is 2. The van der Waals surface area contributed by atoms with Crippen LogP contribution in [0.5, 0.6) is 11.5 Å². The van der Waals surface area contributed by atoms with E-state index in [1.165, 1.54) is 0 Å². The zero-order valence-corrected chi connectivity index (χ0v) is 10.3. The quantitative estimate of drug-likeness (QED) is 0.806. The summed E-state index contributed by atoms with van der Waals surface area (Å²) >= 11 is 0. The van der Waals surface area contributed by atoms with E-state index in [2.05, 4.69) is 13.8 Å². The third kappa shape index (κ3) is 3.42. The van der Waals surface area contributed by atoms with E-state index in [1.54, 1.807) is 7.11 Å². The Kier molecular flexibility index (Phi) is 5.12. The van der Waals surface area contributed by atoms with E-state index in [-0.39, 0.29) is 6.10 Å². The first kappa shape index (κ1) is 12.8. The smallest absolute Gasteiger partial charge is 0.123 e. The number of benzene rings is 1. The van der Waals surface area contributed by atoms with E-state index >= 15 is 0 Å². The maximum atomic E-state index is 5.86. The van der Waals surface area contributed by atoms with Gasteiger partial charge in [0.2, 0.25) is 0 Å². The molecule has 1 aromatic carbocycles. The molecule has 0 fully saturated rings. The van der Waals surface area contributed by atoms with Gasteiger partial charge in [0, 0.05) is 12.6 Å². The highest BCUT2D eigenvalue weighted by Crippen LogP contribution is 2.24. The highest BCUT2D eigenvalue weighted by atomic mass is 16.5. The molecule has 1 rings (SSSR count). The summed E-state index contributed by atoms with van der Waals surface area (Å²) in [5, 5.41) is 0. The van der Waals surface area contributed by atoms with Crippen LogP contribution in [0, 0.1) is 0 Å². The van der Waals surface area contributed by atoms with Gasteiger partial charge in [-0.25, -0.2) is 0 Å². The highest BCUT2D eigenvalue weighted by molar-refractivity contribution is 5.38. The number of methoxy groups -OCH3 is 1. The second-order valence-electron chi connectivity index (χ2n) is 3.78. The molecule has 0 aromatic heterocycles. The highest BCUT2D eigenvalue weighted by Gasteiger charge is 2.07. The fourth-order valence-electron chi connectivity index (χ4n) is 1.58. The van der Waals surface area contributed by atoms with Crippen LogP contribution in [0.4, 0.5) is 0 Å². The summed E-state index contributed by atoms with van der Waals surface area (Å²) in [5.74, 6) is 1.64. The first-order valence-corrected chi connectivity index (χ1v) is 5.78.